The van der Waals surface area contributed by atoms with E-state index in [4.69, 9.17) is 4.74 Å². The number of nitrogens with zero attached hydrogens (tertiary/aromatic N) is 2. The Morgan fingerprint density at radius 2 is 2.20 bits per heavy atom. The van der Waals surface area contributed by atoms with Crippen molar-refractivity contribution in [3.05, 3.63) is 22.2 Å². The molecule has 0 saturated heterocycles. The van der Waals surface area contributed by atoms with Gasteiger partial charge in [0.1, 0.15) is 0 Å². The number of pyridine rings is 1. The summed E-state index contributed by atoms with van der Waals surface area (Å²) in [6.45, 7) is 3.73. The number of rotatable bonds is 4. The number of anilines is 1. The molecule has 1 aromatic rings. The smallest absolute Gasteiger partial charge is 0.311 e. The lowest BCUT2D eigenvalue weighted by molar-refractivity contribution is -0.384. The molecule has 0 unspecified atom stereocenters. The third kappa shape index (κ3) is 2.80. The SMILES string of the molecule is CNc1nc(OC(C)C)ccc1[N+](=O)[O-]. The number of hydrogen-bond donors (Lipinski definition) is 1. The standard InChI is InChI=1S/C9H13N3O3/c1-6(2)15-8-5-4-7(12(13)14)9(10-3)11-8/h4-6H,1-3H3,(H,10,11). The highest BCUT2D eigenvalue weighted by Gasteiger charge is 2.15. The van der Waals surface area contributed by atoms with Gasteiger partial charge in [-0.3, -0.25) is 10.1 Å². The van der Waals surface area contributed by atoms with E-state index in [2.05, 4.69) is 10.3 Å². The summed E-state index contributed by atoms with van der Waals surface area (Å²) in [7, 11) is 1.58. The molecule has 1 N–H and O–H groups in total. The van der Waals surface area contributed by atoms with Gasteiger partial charge in [0.15, 0.2) is 0 Å². The second-order valence-electron chi connectivity index (χ2n) is 3.19. The lowest BCUT2D eigenvalue weighted by atomic mass is 10.4. The van der Waals surface area contributed by atoms with Crippen molar-refractivity contribution in [1.29, 1.82) is 0 Å². The molecule has 0 aliphatic rings. The molecule has 1 heterocycles. The Morgan fingerprint density at radius 1 is 1.53 bits per heavy atom. The first kappa shape index (κ1) is 11.2. The predicted molar refractivity (Wildman–Crippen MR) is 56.2 cm³/mol. The van der Waals surface area contributed by atoms with E-state index < -0.39 is 4.92 Å². The Balaban J connectivity index is 3.02. The zero-order valence-electron chi connectivity index (χ0n) is 8.85. The summed E-state index contributed by atoms with van der Waals surface area (Å²) in [5.74, 6) is 0.582. The molecule has 6 nitrogen and oxygen atoms in total. The number of hydrogen-bond acceptors (Lipinski definition) is 5. The average molecular weight is 211 g/mol. The maximum Gasteiger partial charge on any atom is 0.311 e. The Bertz CT molecular complexity index is 366. The van der Waals surface area contributed by atoms with Gasteiger partial charge in [0.25, 0.3) is 0 Å². The normalized spacial score (nSPS) is 10.1. The van der Waals surface area contributed by atoms with Crippen LogP contribution in [0.2, 0.25) is 0 Å². The second-order valence-corrected chi connectivity index (χ2v) is 3.19. The molecule has 15 heavy (non-hydrogen) atoms. The molecule has 1 rings (SSSR count). The molecule has 6 heteroatoms. The topological polar surface area (TPSA) is 77.3 Å². The van der Waals surface area contributed by atoms with E-state index in [0.717, 1.165) is 0 Å². The van der Waals surface area contributed by atoms with Crippen LogP contribution in [0.1, 0.15) is 13.8 Å². The van der Waals surface area contributed by atoms with Gasteiger partial charge in [0.2, 0.25) is 11.7 Å². The van der Waals surface area contributed by atoms with Gasteiger partial charge < -0.3 is 10.1 Å². The number of nitrogens with one attached hydrogen (secondary N) is 1. The van der Waals surface area contributed by atoms with Crippen LogP contribution in [0.4, 0.5) is 11.5 Å². The van der Waals surface area contributed by atoms with Crippen molar-refractivity contribution >= 4 is 11.5 Å². The van der Waals surface area contributed by atoms with Crippen molar-refractivity contribution in [2.75, 3.05) is 12.4 Å². The number of ether oxygens (including phenoxy) is 1. The highest BCUT2D eigenvalue weighted by Crippen LogP contribution is 2.24. The fourth-order valence-electron chi connectivity index (χ4n) is 1.07. The summed E-state index contributed by atoms with van der Waals surface area (Å²) in [5, 5.41) is 13.3. The largest absolute Gasteiger partial charge is 0.475 e. The molecule has 0 amide bonds. The first-order chi connectivity index (χ1) is 7.04. The van der Waals surface area contributed by atoms with Gasteiger partial charge in [-0.2, -0.15) is 4.98 Å². The van der Waals surface area contributed by atoms with Gasteiger partial charge in [0, 0.05) is 19.2 Å². The van der Waals surface area contributed by atoms with E-state index in [9.17, 15) is 10.1 Å². The molecular weight excluding hydrogens is 198 g/mol. The van der Waals surface area contributed by atoms with Crippen molar-refractivity contribution in [2.45, 2.75) is 20.0 Å². The van der Waals surface area contributed by atoms with Crippen LogP contribution in [0.3, 0.4) is 0 Å². The second kappa shape index (κ2) is 4.59. The van der Waals surface area contributed by atoms with Gasteiger partial charge in [-0.1, -0.05) is 0 Å². The molecular formula is C9H13N3O3. The zero-order chi connectivity index (χ0) is 11.4. The Morgan fingerprint density at radius 3 is 2.67 bits per heavy atom. The van der Waals surface area contributed by atoms with Gasteiger partial charge in [-0.05, 0) is 13.8 Å². The molecule has 0 atom stereocenters. The highest BCUT2D eigenvalue weighted by atomic mass is 16.6. The van der Waals surface area contributed by atoms with E-state index >= 15 is 0 Å². The minimum Gasteiger partial charge on any atom is -0.475 e. The van der Waals surface area contributed by atoms with E-state index in [0.29, 0.717) is 5.88 Å². The van der Waals surface area contributed by atoms with Crippen molar-refractivity contribution in [3.63, 3.8) is 0 Å². The number of nitro groups is 1. The van der Waals surface area contributed by atoms with Gasteiger partial charge in [0.05, 0.1) is 11.0 Å². The van der Waals surface area contributed by atoms with Crippen molar-refractivity contribution in [3.8, 4) is 5.88 Å². The van der Waals surface area contributed by atoms with Crippen LogP contribution in [0.25, 0.3) is 0 Å². The van der Waals surface area contributed by atoms with E-state index in [1.807, 2.05) is 13.8 Å². The number of aromatic nitrogens is 1. The van der Waals surface area contributed by atoms with Crippen LogP contribution in [0.15, 0.2) is 12.1 Å². The molecule has 0 spiro atoms. The Kier molecular flexibility index (Phi) is 3.43. The summed E-state index contributed by atoms with van der Waals surface area (Å²) in [6, 6.07) is 2.86. The molecule has 1 aromatic heterocycles. The van der Waals surface area contributed by atoms with Crippen LogP contribution in [-0.2, 0) is 0 Å². The maximum atomic E-state index is 10.6. The predicted octanol–water partition coefficient (Wildman–Crippen LogP) is 1.82. The van der Waals surface area contributed by atoms with Crippen molar-refractivity contribution < 1.29 is 9.66 Å². The van der Waals surface area contributed by atoms with E-state index in [1.54, 1.807) is 7.05 Å². The Labute approximate surface area is 87.4 Å². The molecule has 0 fully saturated rings. The molecule has 0 aliphatic heterocycles. The van der Waals surface area contributed by atoms with E-state index in [-0.39, 0.29) is 17.6 Å². The molecule has 0 saturated carbocycles. The summed E-state index contributed by atoms with van der Waals surface area (Å²) in [4.78, 5) is 14.1. The summed E-state index contributed by atoms with van der Waals surface area (Å²) < 4.78 is 5.32. The van der Waals surface area contributed by atoms with Gasteiger partial charge >= 0.3 is 5.69 Å². The monoisotopic (exact) mass is 211 g/mol. The molecule has 0 aliphatic carbocycles. The van der Waals surface area contributed by atoms with Crippen LogP contribution in [-0.4, -0.2) is 23.1 Å². The average Bonchev–Trinajstić information content (AvgIpc) is 2.16. The third-order valence-electron chi connectivity index (χ3n) is 1.64. The summed E-state index contributed by atoms with van der Waals surface area (Å²) in [6.07, 6.45) is -0.0105. The zero-order valence-corrected chi connectivity index (χ0v) is 8.85. The molecule has 82 valence electrons. The van der Waals surface area contributed by atoms with Crippen LogP contribution in [0.5, 0.6) is 5.88 Å². The van der Waals surface area contributed by atoms with Crippen molar-refractivity contribution in [1.82, 2.24) is 4.98 Å². The summed E-state index contributed by atoms with van der Waals surface area (Å²) in [5.41, 5.74) is -0.0615. The lowest BCUT2D eigenvalue weighted by Gasteiger charge is -2.09. The molecule has 0 radical (unpaired) electrons. The molecule has 0 bridgehead atoms. The van der Waals surface area contributed by atoms with Crippen LogP contribution >= 0.6 is 0 Å². The lowest BCUT2D eigenvalue weighted by Crippen LogP contribution is -2.08. The highest BCUT2D eigenvalue weighted by molar-refractivity contribution is 5.56. The maximum absolute atomic E-state index is 10.6. The summed E-state index contributed by atoms with van der Waals surface area (Å²) >= 11 is 0. The fourth-order valence-corrected chi connectivity index (χ4v) is 1.07. The van der Waals surface area contributed by atoms with Crippen LogP contribution < -0.4 is 10.1 Å². The van der Waals surface area contributed by atoms with Crippen LogP contribution in [0, 0.1) is 10.1 Å². The minimum absolute atomic E-state index is 0.0105. The first-order valence-electron chi connectivity index (χ1n) is 4.54. The third-order valence-corrected chi connectivity index (χ3v) is 1.64. The fraction of sp³-hybridized carbons (Fsp3) is 0.444. The minimum atomic E-state index is -0.488. The van der Waals surface area contributed by atoms with E-state index in [1.165, 1.54) is 12.1 Å². The molecule has 0 aromatic carbocycles. The van der Waals surface area contributed by atoms with Gasteiger partial charge in [-0.15, -0.1) is 0 Å². The van der Waals surface area contributed by atoms with Crippen molar-refractivity contribution in [2.24, 2.45) is 0 Å². The quantitative estimate of drug-likeness (QED) is 0.607. The Hall–Kier alpha value is -1.85. The first-order valence-corrected chi connectivity index (χ1v) is 4.54. The van der Waals surface area contributed by atoms with Gasteiger partial charge in [-0.25, -0.2) is 0 Å².